The molecule has 1 N–H and O–H groups in total. The van der Waals surface area contributed by atoms with E-state index in [2.05, 4.69) is 5.32 Å². The molecule has 0 amide bonds. The molecule has 0 saturated heterocycles. The number of nitrogens with one attached hydrogen (secondary N) is 1. The summed E-state index contributed by atoms with van der Waals surface area (Å²) in [5.41, 5.74) is 1.91. The third-order valence-electron chi connectivity index (χ3n) is 4.16. The van der Waals surface area contributed by atoms with Gasteiger partial charge in [0, 0.05) is 19.1 Å². The molecule has 5 heteroatoms. The molecule has 1 aromatic rings. The van der Waals surface area contributed by atoms with Crippen LogP contribution in [0, 0.1) is 5.92 Å². The summed E-state index contributed by atoms with van der Waals surface area (Å²) in [5, 5.41) is 3.37. The summed E-state index contributed by atoms with van der Waals surface area (Å²) < 4.78 is 27.0. The molecule has 4 nitrogen and oxygen atoms in total. The lowest BCUT2D eigenvalue weighted by Crippen LogP contribution is -2.40. The predicted octanol–water partition coefficient (Wildman–Crippen LogP) is 2.11. The molecule has 0 aromatic heterocycles. The number of nitrogens with zero attached hydrogens (tertiary/aromatic N) is 1. The van der Waals surface area contributed by atoms with Crippen molar-refractivity contribution < 1.29 is 8.42 Å². The second kappa shape index (κ2) is 5.37. The first-order valence-corrected chi connectivity index (χ1v) is 8.99. The Labute approximate surface area is 121 Å². The Morgan fingerprint density at radius 3 is 2.80 bits per heavy atom. The number of rotatable bonds is 4. The molecular weight excluding hydrogens is 272 g/mol. The van der Waals surface area contributed by atoms with Crippen molar-refractivity contribution in [3.05, 3.63) is 29.8 Å². The van der Waals surface area contributed by atoms with Gasteiger partial charge in [-0.25, -0.2) is 8.42 Å². The lowest BCUT2D eigenvalue weighted by molar-refractivity contribution is 0.554. The van der Waals surface area contributed by atoms with Crippen LogP contribution >= 0.6 is 0 Å². The molecule has 110 valence electrons. The fraction of sp³-hybridized carbons (Fsp3) is 0.600. The molecule has 1 aliphatic heterocycles. The van der Waals surface area contributed by atoms with Crippen LogP contribution in [0.2, 0.25) is 0 Å². The Morgan fingerprint density at radius 2 is 2.05 bits per heavy atom. The Morgan fingerprint density at radius 1 is 1.30 bits per heavy atom. The molecule has 0 bridgehead atoms. The van der Waals surface area contributed by atoms with Crippen molar-refractivity contribution in [2.75, 3.05) is 16.6 Å². The number of sulfonamides is 1. The lowest BCUT2D eigenvalue weighted by Gasteiger charge is -2.26. The van der Waals surface area contributed by atoms with Crippen molar-refractivity contribution in [2.24, 2.45) is 5.92 Å². The maximum Gasteiger partial charge on any atom is 0.235 e. The van der Waals surface area contributed by atoms with Crippen molar-refractivity contribution >= 4 is 15.7 Å². The highest BCUT2D eigenvalue weighted by molar-refractivity contribution is 7.92. The van der Waals surface area contributed by atoms with Gasteiger partial charge in [-0.15, -0.1) is 0 Å². The van der Waals surface area contributed by atoms with Crippen molar-refractivity contribution in [3.8, 4) is 0 Å². The molecule has 3 rings (SSSR count). The van der Waals surface area contributed by atoms with Crippen molar-refractivity contribution in [1.29, 1.82) is 0 Å². The van der Waals surface area contributed by atoms with Gasteiger partial charge in [-0.1, -0.05) is 31.0 Å². The van der Waals surface area contributed by atoms with E-state index in [-0.39, 0.29) is 11.8 Å². The summed E-state index contributed by atoms with van der Waals surface area (Å²) >= 11 is 0. The second-order valence-electron chi connectivity index (χ2n) is 5.99. The van der Waals surface area contributed by atoms with E-state index in [0.29, 0.717) is 12.5 Å². The Hall–Kier alpha value is -1.07. The van der Waals surface area contributed by atoms with E-state index in [1.165, 1.54) is 12.8 Å². The minimum Gasteiger partial charge on any atom is -0.308 e. The first-order valence-electron chi connectivity index (χ1n) is 7.38. The summed E-state index contributed by atoms with van der Waals surface area (Å²) in [6.07, 6.45) is 3.21. The van der Waals surface area contributed by atoms with E-state index in [4.69, 9.17) is 0 Å². The number of hydrogen-bond acceptors (Lipinski definition) is 3. The van der Waals surface area contributed by atoms with Gasteiger partial charge in [0.25, 0.3) is 0 Å². The quantitative estimate of drug-likeness (QED) is 0.925. The Bertz CT molecular complexity index is 581. The molecule has 1 aromatic carbocycles. The SMILES string of the molecule is CC1CN(S(=O)(=O)CCC2CC2)c2ccccc2CN1. The number of fused-ring (bicyclic) bond motifs is 1. The van der Waals surface area contributed by atoms with Gasteiger partial charge >= 0.3 is 0 Å². The third-order valence-corrected chi connectivity index (χ3v) is 5.93. The highest BCUT2D eigenvalue weighted by Gasteiger charge is 2.30. The van der Waals surface area contributed by atoms with Gasteiger partial charge in [0.2, 0.25) is 10.0 Å². The molecule has 1 heterocycles. The number of anilines is 1. The van der Waals surface area contributed by atoms with E-state index in [1.54, 1.807) is 4.31 Å². The van der Waals surface area contributed by atoms with Crippen molar-refractivity contribution in [3.63, 3.8) is 0 Å². The maximum atomic E-state index is 12.7. The highest BCUT2D eigenvalue weighted by atomic mass is 32.2. The molecule has 2 aliphatic rings. The zero-order valence-electron chi connectivity index (χ0n) is 11.9. The predicted molar refractivity (Wildman–Crippen MR) is 81.2 cm³/mol. The molecule has 0 radical (unpaired) electrons. The third kappa shape index (κ3) is 2.99. The molecule has 20 heavy (non-hydrogen) atoms. The van der Waals surface area contributed by atoms with E-state index in [9.17, 15) is 8.42 Å². The highest BCUT2D eigenvalue weighted by Crippen LogP contribution is 2.34. The van der Waals surface area contributed by atoms with Crippen LogP contribution in [0.1, 0.15) is 31.7 Å². The summed E-state index contributed by atoms with van der Waals surface area (Å²) in [4.78, 5) is 0. The Balaban J connectivity index is 1.88. The fourth-order valence-electron chi connectivity index (χ4n) is 2.70. The van der Waals surface area contributed by atoms with Crippen LogP contribution in [-0.4, -0.2) is 26.8 Å². The average Bonchev–Trinajstić information content (AvgIpc) is 3.25. The molecule has 0 spiro atoms. The van der Waals surface area contributed by atoms with Gasteiger partial charge in [0.15, 0.2) is 0 Å². The molecule has 1 saturated carbocycles. The van der Waals surface area contributed by atoms with Crippen LogP contribution in [0.15, 0.2) is 24.3 Å². The van der Waals surface area contributed by atoms with E-state index >= 15 is 0 Å². The van der Waals surface area contributed by atoms with Crippen LogP contribution in [0.3, 0.4) is 0 Å². The molecule has 1 unspecified atom stereocenters. The number of para-hydroxylation sites is 1. The maximum absolute atomic E-state index is 12.7. The van der Waals surface area contributed by atoms with Gasteiger partial charge in [0.1, 0.15) is 0 Å². The summed E-state index contributed by atoms with van der Waals surface area (Å²) in [6.45, 7) is 3.28. The standard InChI is InChI=1S/C15H22N2O2S/c1-12-11-17(20(18,19)9-8-13-6-7-13)15-5-3-2-4-14(15)10-16-12/h2-5,12-13,16H,6-11H2,1H3. The zero-order chi connectivity index (χ0) is 14.2. The van der Waals surface area contributed by atoms with Gasteiger partial charge in [-0.05, 0) is 30.9 Å². The first kappa shape index (κ1) is 13.9. The molecule has 1 atom stereocenters. The van der Waals surface area contributed by atoms with Crippen LogP contribution < -0.4 is 9.62 Å². The summed E-state index contributed by atoms with van der Waals surface area (Å²) in [6, 6.07) is 7.97. The zero-order valence-corrected chi connectivity index (χ0v) is 12.7. The number of benzene rings is 1. The summed E-state index contributed by atoms with van der Waals surface area (Å²) in [7, 11) is -3.21. The minimum absolute atomic E-state index is 0.165. The van der Waals surface area contributed by atoms with E-state index in [0.717, 1.165) is 24.2 Å². The van der Waals surface area contributed by atoms with Gasteiger partial charge in [-0.3, -0.25) is 4.31 Å². The monoisotopic (exact) mass is 294 g/mol. The first-order chi connectivity index (χ1) is 9.56. The minimum atomic E-state index is -3.21. The molecule has 1 aliphatic carbocycles. The van der Waals surface area contributed by atoms with Crippen molar-refractivity contribution in [1.82, 2.24) is 5.32 Å². The van der Waals surface area contributed by atoms with Gasteiger partial charge < -0.3 is 5.32 Å². The van der Waals surface area contributed by atoms with Crippen LogP contribution in [-0.2, 0) is 16.6 Å². The van der Waals surface area contributed by atoms with Crippen LogP contribution in [0.4, 0.5) is 5.69 Å². The van der Waals surface area contributed by atoms with Crippen LogP contribution in [0.5, 0.6) is 0 Å². The van der Waals surface area contributed by atoms with E-state index in [1.807, 2.05) is 31.2 Å². The largest absolute Gasteiger partial charge is 0.308 e. The number of hydrogen-bond donors (Lipinski definition) is 1. The molecular formula is C15H22N2O2S. The fourth-order valence-corrected chi connectivity index (χ4v) is 4.48. The second-order valence-corrected chi connectivity index (χ2v) is 8.00. The Kier molecular flexibility index (Phi) is 3.73. The smallest absolute Gasteiger partial charge is 0.235 e. The van der Waals surface area contributed by atoms with Crippen LogP contribution in [0.25, 0.3) is 0 Å². The van der Waals surface area contributed by atoms with Gasteiger partial charge in [-0.2, -0.15) is 0 Å². The van der Waals surface area contributed by atoms with Crippen molar-refractivity contribution in [2.45, 2.75) is 38.8 Å². The summed E-state index contributed by atoms with van der Waals surface area (Å²) in [5.74, 6) is 0.918. The topological polar surface area (TPSA) is 49.4 Å². The average molecular weight is 294 g/mol. The molecule has 1 fully saturated rings. The normalized spacial score (nSPS) is 23.2. The van der Waals surface area contributed by atoms with E-state index < -0.39 is 10.0 Å². The van der Waals surface area contributed by atoms with Gasteiger partial charge in [0.05, 0.1) is 11.4 Å². The lowest BCUT2D eigenvalue weighted by atomic mass is 10.2.